The molecule has 0 fully saturated rings. The van der Waals surface area contributed by atoms with Crippen LogP contribution >= 0.6 is 141 Å². The van der Waals surface area contributed by atoms with Gasteiger partial charge in [0.25, 0.3) is 0 Å². The molecule has 6 nitrogen and oxygen atoms in total. The number of hydrogen-bond donors (Lipinski definition) is 0. The molecule has 0 saturated carbocycles. The van der Waals surface area contributed by atoms with E-state index in [1.54, 1.807) is 94.0 Å². The second-order valence-corrected chi connectivity index (χ2v) is 61.2. The van der Waals surface area contributed by atoms with Crippen LogP contribution in [0.15, 0.2) is 364 Å². The monoisotopic (exact) mass is 3080 g/mol. The maximum Gasteiger partial charge on any atom is 1.00 e. The second-order valence-electron chi connectivity index (χ2n) is 27.8. The third-order valence-corrected chi connectivity index (χ3v) is 49.3. The minimum Gasteiger partial charge on any atom is -0.0620 e. The van der Waals surface area contributed by atoms with E-state index in [1.807, 2.05) is 13.8 Å². The zero-order valence-corrected chi connectivity index (χ0v) is 101. The van der Waals surface area contributed by atoms with Crippen molar-refractivity contribution in [3.63, 3.8) is 0 Å². The van der Waals surface area contributed by atoms with Gasteiger partial charge in [-0.15, -0.1) is 46.4 Å². The number of hydrogen-bond acceptors (Lipinski definition) is 6. The molecule has 808 valence electrons. The summed E-state index contributed by atoms with van der Waals surface area (Å²) in [5.74, 6) is 8.03. The minimum absolute atomic E-state index is 0. The van der Waals surface area contributed by atoms with Gasteiger partial charge in [-0.05, 0) is 159 Å². The number of alkyl halides is 4. The Morgan fingerprint density at radius 2 is 0.257 bits per heavy atom. The van der Waals surface area contributed by atoms with Crippen LogP contribution in [0.3, 0.4) is 0 Å². The molecular weight excluding hydrogens is 2970 g/mol. The van der Waals surface area contributed by atoms with Gasteiger partial charge in [0.05, 0.1) is 41.0 Å². The fourth-order valence-electron chi connectivity index (χ4n) is 12.0. The van der Waals surface area contributed by atoms with Crippen LogP contribution in [0.1, 0.15) is 48.5 Å². The standard InChI is InChI=1S/2C39H36P4.C4H10O.5C2H3N.2CH2Cl2.4Au.4F6P/c2*1-7-19-34(20-8-1)41(35-21-9-2-10-22-35)31-40(32-42(36-23-11-3-12-24-36)37-25-13-4-14-26-37)33-43(38-27-15-5-16-28-38)39-29-17-6-18-30-39;1-3-5-4-2;5*1-2-3;2*2-1-3;;;;;4*1-7(2,3,4,5)6/h2*1-30H,31-33H2;3-4H2,1-2H3;5*1H3;2*1H2;;;;;;;;/q;;;;;;;;;;4*+1;4*-1/p+8. The summed E-state index contributed by atoms with van der Waals surface area (Å²) in [6, 6.07) is 146. The van der Waals surface area contributed by atoms with E-state index in [0.29, 0.717) is 0 Å². The summed E-state index contributed by atoms with van der Waals surface area (Å²) in [4.78, 5) is 0. The quantitative estimate of drug-likeness (QED) is 0.0230. The van der Waals surface area contributed by atoms with Crippen molar-refractivity contribution >= 4 is 205 Å². The molecule has 0 aliphatic rings. The molecule has 12 rings (SSSR count). The van der Waals surface area contributed by atoms with Gasteiger partial charge in [0.1, 0.15) is 127 Å². The van der Waals surface area contributed by atoms with E-state index in [0.717, 1.165) is 13.2 Å². The first-order chi connectivity index (χ1) is 64.8. The third kappa shape index (κ3) is 93.7. The van der Waals surface area contributed by atoms with E-state index < -0.39 is 94.6 Å². The van der Waals surface area contributed by atoms with Gasteiger partial charge in [-0.2, -0.15) is 26.3 Å². The van der Waals surface area contributed by atoms with E-state index in [1.165, 1.54) is 70.0 Å². The smallest absolute Gasteiger partial charge is 0.0620 e. The number of benzene rings is 12. The summed E-state index contributed by atoms with van der Waals surface area (Å²) >= 11 is 19.1. The van der Waals surface area contributed by atoms with Gasteiger partial charge >= 0.3 is 221 Å². The zero-order chi connectivity index (χ0) is 107. The van der Waals surface area contributed by atoms with Crippen molar-refractivity contribution in [3.05, 3.63) is 364 Å². The van der Waals surface area contributed by atoms with Crippen LogP contribution in [0, 0.1) is 56.7 Å². The summed E-state index contributed by atoms with van der Waals surface area (Å²) < 4.78 is 242. The van der Waals surface area contributed by atoms with Crippen molar-refractivity contribution < 1.29 is 195 Å². The maximum absolute atomic E-state index is 10.7. The summed E-state index contributed by atoms with van der Waals surface area (Å²) in [6.45, 7) is 12.8. The van der Waals surface area contributed by atoms with Crippen LogP contribution in [0.4, 0.5) is 101 Å². The molecule has 0 aliphatic carbocycles. The van der Waals surface area contributed by atoms with Crippen molar-refractivity contribution in [2.75, 3.05) is 59.3 Å². The van der Waals surface area contributed by atoms with Crippen molar-refractivity contribution in [1.82, 2.24) is 0 Å². The van der Waals surface area contributed by atoms with Gasteiger partial charge in [0, 0.05) is 47.8 Å². The first kappa shape index (κ1) is 150. The van der Waals surface area contributed by atoms with E-state index in [-0.39, 0.29) is 100 Å². The average Bonchev–Trinajstić information content (AvgIpc) is 0.799. The van der Waals surface area contributed by atoms with E-state index in [9.17, 15) is 101 Å². The Morgan fingerprint density at radius 3 is 0.306 bits per heavy atom. The van der Waals surface area contributed by atoms with Gasteiger partial charge < -0.3 is 4.74 Å². The molecule has 0 radical (unpaired) electrons. The summed E-state index contributed by atoms with van der Waals surface area (Å²) in [5, 5.41) is 55.5. The van der Waals surface area contributed by atoms with Gasteiger partial charge in [-0.1, -0.05) is 218 Å². The first-order valence-corrected chi connectivity index (χ1v) is 65.6. The molecule has 50 heteroatoms. The molecule has 0 amide bonds. The van der Waals surface area contributed by atoms with Crippen LogP contribution in [0.2, 0.25) is 0 Å². The summed E-state index contributed by atoms with van der Waals surface area (Å²) in [7, 11) is -49.8. The third-order valence-electron chi connectivity index (χ3n) is 16.4. The Kier molecular flexibility index (Phi) is 74.7. The molecule has 0 saturated heterocycles. The van der Waals surface area contributed by atoms with Crippen LogP contribution in [-0.2, 0) is 94.3 Å². The van der Waals surface area contributed by atoms with Crippen LogP contribution in [0.25, 0.3) is 0 Å². The second kappa shape index (κ2) is 71.5. The maximum atomic E-state index is 9.87. The number of nitrogens with zero attached hydrogens (tertiary/aromatic N) is 5. The fraction of sp³-hybridized carbons (Fsp3) is 0.181. The molecule has 0 bridgehead atoms. The van der Waals surface area contributed by atoms with Crippen molar-refractivity contribution in [2.24, 2.45) is 0 Å². The molecule has 0 spiro atoms. The van der Waals surface area contributed by atoms with Crippen LogP contribution in [-0.4, -0.2) is 59.3 Å². The van der Waals surface area contributed by atoms with E-state index in [2.05, 4.69) is 364 Å². The Balaban J connectivity index is -0.000000433. The molecular formula is C94H109Au4Cl4F24N5OP12+8. The fourth-order valence-corrected chi connectivity index (χ4v) is 52.7. The molecule has 0 aliphatic heterocycles. The van der Waals surface area contributed by atoms with Crippen molar-refractivity contribution in [2.45, 2.75) is 48.5 Å². The van der Waals surface area contributed by atoms with Gasteiger partial charge in [0.15, 0.2) is 35.4 Å². The normalized spacial score (nSPS) is 12.2. The molecule has 0 aromatic heterocycles. The summed E-state index contributed by atoms with van der Waals surface area (Å²) in [6.07, 6.45) is 0. The SMILES string of the molecule is CC#N.CC#N.CC#N.CC#N.CC#N.CCOCC.ClCCl.ClCCl.F[P-](F)(F)(F)(F)F.F[P-](F)(F)(F)(F)F.F[P-](F)(F)(F)(F)F.F[P-](F)(F)(F)(F)F.[Au+].[Au+].[Au+].[Au+].c1ccc([PH+](C[PH+](C[PH+](c2ccccc2)c2ccccc2)C[PH+](c2ccccc2)c2ccccc2)c2ccccc2)cc1.c1ccc([PH+](C[PH+](C[PH+](c2ccccc2)c2ccccc2)C[PH+](c2ccccc2)c2ccccc2)c2ccccc2)cc1. The Morgan fingerprint density at radius 1 is 0.194 bits per heavy atom. The number of ether oxygens (including phenoxy) is 1. The Hall–Kier alpha value is -4.35. The molecule has 0 heterocycles. The van der Waals surface area contributed by atoms with Gasteiger partial charge in [0.2, 0.25) is 0 Å². The average molecular weight is 3080 g/mol. The Bertz CT molecular complexity index is 4440. The van der Waals surface area contributed by atoms with E-state index in [4.69, 9.17) is 77.5 Å². The van der Waals surface area contributed by atoms with Crippen molar-refractivity contribution in [3.8, 4) is 30.3 Å². The predicted molar refractivity (Wildman–Crippen MR) is 575 cm³/mol. The summed E-state index contributed by atoms with van der Waals surface area (Å²) in [5.41, 5.74) is 0. The number of halogens is 28. The molecule has 0 atom stereocenters. The zero-order valence-electron chi connectivity index (χ0n) is 77.4. The van der Waals surface area contributed by atoms with Gasteiger partial charge in [-0.25, -0.2) is 0 Å². The molecule has 0 N–H and O–H groups in total. The first-order valence-electron chi connectivity index (χ1n) is 40.9. The largest absolute Gasteiger partial charge is 1.00 e. The number of nitriles is 5. The van der Waals surface area contributed by atoms with Crippen molar-refractivity contribution in [1.29, 1.82) is 26.3 Å². The van der Waals surface area contributed by atoms with Crippen LogP contribution in [0.5, 0.6) is 0 Å². The van der Waals surface area contributed by atoms with Crippen LogP contribution < -0.4 is 63.7 Å². The predicted octanol–water partition coefficient (Wildman–Crippen LogP) is 35.4. The molecule has 12 aromatic carbocycles. The molecule has 12 aromatic rings. The van der Waals surface area contributed by atoms with E-state index >= 15 is 0 Å². The topological polar surface area (TPSA) is 128 Å². The molecule has 0 unspecified atom stereocenters. The number of rotatable bonds is 26. The Labute approximate surface area is 919 Å². The molecule has 144 heavy (non-hydrogen) atoms. The minimum atomic E-state index is -10.7. The van der Waals surface area contributed by atoms with Gasteiger partial charge in [-0.3, -0.25) is 0 Å².